The summed E-state index contributed by atoms with van der Waals surface area (Å²) in [5.41, 5.74) is 4.11. The first kappa shape index (κ1) is 19.7. The van der Waals surface area contributed by atoms with Crippen LogP contribution in [0.25, 0.3) is 16.7 Å². The minimum atomic E-state index is -0.273. The highest BCUT2D eigenvalue weighted by Gasteiger charge is 2.18. The number of pyridine rings is 1. The molecule has 0 atom stereocenters. The Bertz CT molecular complexity index is 1250. The summed E-state index contributed by atoms with van der Waals surface area (Å²) in [6.07, 6.45) is 2.50. The largest absolute Gasteiger partial charge is 0.467 e. The Kier molecular flexibility index (Phi) is 5.27. The number of nitrogens with zero attached hydrogens (tertiary/aromatic N) is 3. The predicted molar refractivity (Wildman–Crippen MR) is 115 cm³/mol. The van der Waals surface area contributed by atoms with E-state index in [0.717, 1.165) is 28.8 Å². The van der Waals surface area contributed by atoms with Crippen LogP contribution in [0, 0.1) is 13.8 Å². The van der Waals surface area contributed by atoms with E-state index in [1.54, 1.807) is 29.1 Å². The van der Waals surface area contributed by atoms with Gasteiger partial charge in [0.2, 0.25) is 5.91 Å². The molecule has 7 nitrogen and oxygen atoms in total. The highest BCUT2D eigenvalue weighted by molar-refractivity contribution is 5.85. The van der Waals surface area contributed by atoms with Gasteiger partial charge in [-0.25, -0.2) is 4.68 Å². The van der Waals surface area contributed by atoms with E-state index in [9.17, 15) is 9.59 Å². The van der Waals surface area contributed by atoms with Crippen molar-refractivity contribution in [3.8, 4) is 5.69 Å². The van der Waals surface area contributed by atoms with Gasteiger partial charge < -0.3 is 9.73 Å². The molecule has 0 unspecified atom stereocenters. The molecule has 0 spiro atoms. The number of furan rings is 1. The summed E-state index contributed by atoms with van der Waals surface area (Å²) in [6, 6.07) is 13.2. The van der Waals surface area contributed by atoms with E-state index in [1.165, 1.54) is 10.1 Å². The summed E-state index contributed by atoms with van der Waals surface area (Å²) in [6.45, 7) is 6.08. The van der Waals surface area contributed by atoms with E-state index < -0.39 is 0 Å². The fourth-order valence-electron chi connectivity index (χ4n) is 3.67. The van der Waals surface area contributed by atoms with Crippen molar-refractivity contribution in [2.45, 2.75) is 40.3 Å². The van der Waals surface area contributed by atoms with Gasteiger partial charge in [0.25, 0.3) is 5.56 Å². The maximum absolute atomic E-state index is 12.8. The van der Waals surface area contributed by atoms with E-state index in [4.69, 9.17) is 4.42 Å². The second-order valence-corrected chi connectivity index (χ2v) is 7.32. The molecule has 7 heteroatoms. The molecule has 3 heterocycles. The van der Waals surface area contributed by atoms with Gasteiger partial charge in [0.15, 0.2) is 0 Å². The number of hydrogen-bond donors (Lipinski definition) is 1. The normalized spacial score (nSPS) is 11.2. The first-order chi connectivity index (χ1) is 14.5. The summed E-state index contributed by atoms with van der Waals surface area (Å²) in [5, 5.41) is 8.36. The summed E-state index contributed by atoms with van der Waals surface area (Å²) in [4.78, 5) is 25.4. The molecule has 0 aliphatic heterocycles. The maximum atomic E-state index is 12.8. The lowest BCUT2D eigenvalue weighted by Gasteiger charge is -2.12. The van der Waals surface area contributed by atoms with Crippen molar-refractivity contribution in [1.82, 2.24) is 19.7 Å². The third-order valence-electron chi connectivity index (χ3n) is 5.22. The Labute approximate surface area is 173 Å². The number of amides is 1. The molecule has 0 radical (unpaired) electrons. The Balaban J connectivity index is 1.76. The topological polar surface area (TPSA) is 82.1 Å². The second-order valence-electron chi connectivity index (χ2n) is 7.32. The molecule has 0 fully saturated rings. The van der Waals surface area contributed by atoms with Gasteiger partial charge in [-0.1, -0.05) is 19.1 Å². The van der Waals surface area contributed by atoms with Crippen LogP contribution in [0.3, 0.4) is 0 Å². The van der Waals surface area contributed by atoms with Crippen LogP contribution >= 0.6 is 0 Å². The zero-order valence-electron chi connectivity index (χ0n) is 17.3. The lowest BCUT2D eigenvalue weighted by molar-refractivity contribution is -0.121. The number of rotatable bonds is 6. The minimum absolute atomic E-state index is 0.103. The third kappa shape index (κ3) is 3.66. The van der Waals surface area contributed by atoms with Gasteiger partial charge in [0.1, 0.15) is 18.0 Å². The molecule has 4 aromatic rings. The number of carbonyl (C=O) groups is 1. The number of hydrogen-bond acceptors (Lipinski definition) is 4. The molecule has 154 valence electrons. The van der Waals surface area contributed by atoms with E-state index >= 15 is 0 Å². The number of benzene rings is 1. The number of nitrogens with one attached hydrogen (secondary N) is 1. The Hall–Kier alpha value is -3.61. The molecule has 1 aromatic carbocycles. The SMILES string of the molecule is CCc1ccc(-n2nc(C)c3c(C)cc(=O)n(CC(=O)NCc4ccco4)c32)cc1. The van der Waals surface area contributed by atoms with Crippen LogP contribution in [0.5, 0.6) is 0 Å². The smallest absolute Gasteiger partial charge is 0.252 e. The monoisotopic (exact) mass is 404 g/mol. The molecular weight excluding hydrogens is 380 g/mol. The van der Waals surface area contributed by atoms with Crippen molar-refractivity contribution in [2.24, 2.45) is 0 Å². The number of aromatic nitrogens is 3. The zero-order chi connectivity index (χ0) is 21.3. The van der Waals surface area contributed by atoms with Crippen LogP contribution in [0.1, 0.15) is 29.5 Å². The Morgan fingerprint density at radius 3 is 2.60 bits per heavy atom. The quantitative estimate of drug-likeness (QED) is 0.535. The number of fused-ring (bicyclic) bond motifs is 1. The number of carbonyl (C=O) groups excluding carboxylic acids is 1. The molecule has 4 rings (SSSR count). The van der Waals surface area contributed by atoms with Gasteiger partial charge in [-0.15, -0.1) is 0 Å². The van der Waals surface area contributed by atoms with Gasteiger partial charge in [-0.2, -0.15) is 5.10 Å². The highest BCUT2D eigenvalue weighted by atomic mass is 16.3. The van der Waals surface area contributed by atoms with E-state index in [2.05, 4.69) is 17.3 Å². The lowest BCUT2D eigenvalue weighted by atomic mass is 10.1. The maximum Gasteiger partial charge on any atom is 0.252 e. The van der Waals surface area contributed by atoms with Crippen molar-refractivity contribution < 1.29 is 9.21 Å². The van der Waals surface area contributed by atoms with Gasteiger partial charge >= 0.3 is 0 Å². The van der Waals surface area contributed by atoms with Crippen LogP contribution < -0.4 is 10.9 Å². The second kappa shape index (κ2) is 8.02. The third-order valence-corrected chi connectivity index (χ3v) is 5.22. The fraction of sp³-hybridized carbons (Fsp3) is 0.261. The van der Waals surface area contributed by atoms with Crippen molar-refractivity contribution >= 4 is 16.9 Å². The standard InChI is InChI=1S/C23H24N4O3/c1-4-17-7-9-18(10-8-17)27-23-22(16(3)25-27)15(2)12-21(29)26(23)14-20(28)24-13-19-6-5-11-30-19/h5-12H,4,13-14H2,1-3H3,(H,24,28). The lowest BCUT2D eigenvalue weighted by Crippen LogP contribution is -2.32. The van der Waals surface area contributed by atoms with Crippen molar-refractivity contribution in [1.29, 1.82) is 0 Å². The summed E-state index contributed by atoms with van der Waals surface area (Å²) >= 11 is 0. The van der Waals surface area contributed by atoms with Crippen molar-refractivity contribution in [2.75, 3.05) is 0 Å². The molecule has 0 aliphatic rings. The average molecular weight is 404 g/mol. The molecule has 0 bridgehead atoms. The van der Waals surface area contributed by atoms with Crippen LogP contribution in [0.15, 0.2) is 57.9 Å². The minimum Gasteiger partial charge on any atom is -0.467 e. The zero-order valence-corrected chi connectivity index (χ0v) is 17.3. The summed E-state index contributed by atoms with van der Waals surface area (Å²) in [7, 11) is 0. The van der Waals surface area contributed by atoms with E-state index in [0.29, 0.717) is 11.4 Å². The van der Waals surface area contributed by atoms with Gasteiger partial charge in [0.05, 0.1) is 24.2 Å². The van der Waals surface area contributed by atoms with Crippen LogP contribution in [-0.4, -0.2) is 20.3 Å². The predicted octanol–water partition coefficient (Wildman–Crippen LogP) is 3.28. The molecule has 30 heavy (non-hydrogen) atoms. The Morgan fingerprint density at radius 1 is 1.17 bits per heavy atom. The highest BCUT2D eigenvalue weighted by Crippen LogP contribution is 2.24. The van der Waals surface area contributed by atoms with Crippen molar-refractivity contribution in [3.05, 3.63) is 81.7 Å². The summed E-state index contributed by atoms with van der Waals surface area (Å²) in [5.74, 6) is 0.382. The molecule has 0 saturated heterocycles. The van der Waals surface area contributed by atoms with Gasteiger partial charge in [-0.05, 0) is 55.7 Å². The Morgan fingerprint density at radius 2 is 1.93 bits per heavy atom. The molecule has 3 aromatic heterocycles. The van der Waals surface area contributed by atoms with Crippen molar-refractivity contribution in [3.63, 3.8) is 0 Å². The van der Waals surface area contributed by atoms with Gasteiger partial charge in [-0.3, -0.25) is 14.2 Å². The first-order valence-corrected chi connectivity index (χ1v) is 9.96. The molecule has 0 saturated carbocycles. The first-order valence-electron chi connectivity index (χ1n) is 9.96. The van der Waals surface area contributed by atoms with Crippen LogP contribution in [0.2, 0.25) is 0 Å². The summed E-state index contributed by atoms with van der Waals surface area (Å²) < 4.78 is 8.47. The molecular formula is C23H24N4O3. The number of aryl methyl sites for hydroxylation is 3. The molecule has 0 aliphatic carbocycles. The van der Waals surface area contributed by atoms with Gasteiger partial charge in [0, 0.05) is 11.5 Å². The van der Waals surface area contributed by atoms with E-state index in [-0.39, 0.29) is 24.6 Å². The average Bonchev–Trinajstić information content (AvgIpc) is 3.37. The molecule has 1 amide bonds. The fourth-order valence-corrected chi connectivity index (χ4v) is 3.67. The molecule has 1 N–H and O–H groups in total. The van der Waals surface area contributed by atoms with Crippen LogP contribution in [-0.2, 0) is 24.3 Å². The van der Waals surface area contributed by atoms with E-state index in [1.807, 2.05) is 38.1 Å². The van der Waals surface area contributed by atoms with Crippen LogP contribution in [0.4, 0.5) is 0 Å².